The molecule has 0 unspecified atom stereocenters. The Kier molecular flexibility index (Phi) is 4.05. The van der Waals surface area contributed by atoms with Crippen LogP contribution in [0.5, 0.6) is 0 Å². The molecule has 0 atom stereocenters. The summed E-state index contributed by atoms with van der Waals surface area (Å²) in [6.45, 7) is 1.92. The van der Waals surface area contributed by atoms with Gasteiger partial charge in [-0.25, -0.2) is 4.98 Å². The van der Waals surface area contributed by atoms with Crippen molar-refractivity contribution in [2.24, 2.45) is 0 Å². The molecule has 0 spiro atoms. The molecule has 2 aromatic heterocycles. The summed E-state index contributed by atoms with van der Waals surface area (Å²) in [5, 5.41) is 6.02. The number of carbonyl (C=O) groups is 1. The van der Waals surface area contributed by atoms with Gasteiger partial charge in [0.1, 0.15) is 0 Å². The van der Waals surface area contributed by atoms with E-state index in [-0.39, 0.29) is 5.91 Å². The highest BCUT2D eigenvalue weighted by Crippen LogP contribution is 2.31. The molecule has 0 radical (unpaired) electrons. The first kappa shape index (κ1) is 14.3. The average molecular weight is 335 g/mol. The molecule has 0 aliphatic rings. The first-order chi connectivity index (χ1) is 10.1. The van der Waals surface area contributed by atoms with Crippen LogP contribution in [0.3, 0.4) is 0 Å². The van der Waals surface area contributed by atoms with Crippen LogP contribution in [-0.2, 0) is 4.79 Å². The summed E-state index contributed by atoms with van der Waals surface area (Å²) in [5.74, 6) is -0.189. The third kappa shape index (κ3) is 3.15. The van der Waals surface area contributed by atoms with E-state index in [9.17, 15) is 4.79 Å². The Morgan fingerprint density at radius 3 is 3.00 bits per heavy atom. The summed E-state index contributed by atoms with van der Waals surface area (Å²) < 4.78 is 1.01. The largest absolute Gasteiger partial charge is 0.298 e. The number of hydrogen-bond acceptors (Lipinski definition) is 4. The van der Waals surface area contributed by atoms with Crippen molar-refractivity contribution < 1.29 is 4.79 Å². The number of aromatic nitrogens is 1. The first-order valence-electron chi connectivity index (χ1n) is 6.22. The summed E-state index contributed by atoms with van der Waals surface area (Å²) in [7, 11) is 0. The lowest BCUT2D eigenvalue weighted by Crippen LogP contribution is -2.07. The molecule has 6 heteroatoms. The van der Waals surface area contributed by atoms with Gasteiger partial charge in [-0.05, 0) is 42.1 Å². The molecule has 0 aliphatic heterocycles. The van der Waals surface area contributed by atoms with Gasteiger partial charge in [0, 0.05) is 16.0 Å². The third-order valence-electron chi connectivity index (χ3n) is 2.92. The van der Waals surface area contributed by atoms with Crippen LogP contribution in [0.4, 0.5) is 5.13 Å². The molecule has 0 aliphatic carbocycles. The molecule has 1 aromatic carbocycles. The Morgan fingerprint density at radius 1 is 1.38 bits per heavy atom. The maximum atomic E-state index is 11.9. The van der Waals surface area contributed by atoms with Crippen LogP contribution in [0.2, 0.25) is 5.02 Å². The van der Waals surface area contributed by atoms with E-state index < -0.39 is 0 Å². The fourth-order valence-electron chi connectivity index (χ4n) is 1.84. The number of carbonyl (C=O) groups excluding carboxylic acids is 1. The lowest BCUT2D eigenvalue weighted by Gasteiger charge is -1.96. The summed E-state index contributed by atoms with van der Waals surface area (Å²) in [5.41, 5.74) is 1.77. The summed E-state index contributed by atoms with van der Waals surface area (Å²) in [6, 6.07) is 7.67. The van der Waals surface area contributed by atoms with E-state index in [1.54, 1.807) is 17.4 Å². The molecular weight excluding hydrogens is 324 g/mol. The molecule has 0 bridgehead atoms. The van der Waals surface area contributed by atoms with Gasteiger partial charge >= 0.3 is 0 Å². The number of benzene rings is 1. The van der Waals surface area contributed by atoms with Crippen LogP contribution < -0.4 is 5.32 Å². The normalized spacial score (nSPS) is 11.3. The highest BCUT2D eigenvalue weighted by Gasteiger charge is 2.09. The van der Waals surface area contributed by atoms with E-state index in [0.717, 1.165) is 20.7 Å². The van der Waals surface area contributed by atoms with E-state index in [4.69, 9.17) is 11.6 Å². The summed E-state index contributed by atoms with van der Waals surface area (Å²) in [4.78, 5) is 17.4. The zero-order valence-corrected chi connectivity index (χ0v) is 13.5. The van der Waals surface area contributed by atoms with Gasteiger partial charge in [-0.1, -0.05) is 29.0 Å². The highest BCUT2D eigenvalue weighted by molar-refractivity contribution is 7.22. The van der Waals surface area contributed by atoms with Crippen molar-refractivity contribution in [3.8, 4) is 0 Å². The van der Waals surface area contributed by atoms with E-state index in [1.807, 2.05) is 36.6 Å². The Hall–Kier alpha value is -1.69. The van der Waals surface area contributed by atoms with Crippen LogP contribution >= 0.6 is 34.3 Å². The average Bonchev–Trinajstić information content (AvgIpc) is 3.10. The van der Waals surface area contributed by atoms with Gasteiger partial charge in [0.05, 0.1) is 10.2 Å². The Bertz CT molecular complexity index is 822. The predicted molar refractivity (Wildman–Crippen MR) is 91.3 cm³/mol. The minimum absolute atomic E-state index is 0.189. The zero-order chi connectivity index (χ0) is 14.8. The lowest BCUT2D eigenvalue weighted by atomic mass is 10.2. The number of nitrogens with zero attached hydrogens (tertiary/aromatic N) is 1. The van der Waals surface area contributed by atoms with Crippen molar-refractivity contribution in [2.45, 2.75) is 6.92 Å². The Balaban J connectivity index is 1.79. The molecule has 21 heavy (non-hydrogen) atoms. The third-order valence-corrected chi connectivity index (χ3v) is 5.10. The van der Waals surface area contributed by atoms with Crippen molar-refractivity contribution in [1.29, 1.82) is 0 Å². The first-order valence-corrected chi connectivity index (χ1v) is 8.29. The molecule has 0 saturated heterocycles. The number of halogens is 1. The second kappa shape index (κ2) is 5.97. The van der Waals surface area contributed by atoms with Gasteiger partial charge in [0.15, 0.2) is 5.13 Å². The minimum Gasteiger partial charge on any atom is -0.298 e. The van der Waals surface area contributed by atoms with E-state index in [1.165, 1.54) is 17.4 Å². The van der Waals surface area contributed by atoms with Crippen molar-refractivity contribution >= 4 is 61.6 Å². The topological polar surface area (TPSA) is 42.0 Å². The molecule has 3 aromatic rings. The number of thiazole rings is 1. The molecule has 3 rings (SSSR count). The fourth-order valence-corrected chi connectivity index (χ4v) is 3.54. The van der Waals surface area contributed by atoms with Crippen molar-refractivity contribution in [3.63, 3.8) is 0 Å². The van der Waals surface area contributed by atoms with E-state index in [0.29, 0.717) is 10.2 Å². The number of fused-ring (bicyclic) bond motifs is 1. The molecular formula is C15H11ClN2OS2. The summed E-state index contributed by atoms with van der Waals surface area (Å²) in [6.07, 6.45) is 3.30. The SMILES string of the molecule is Cc1c(Cl)ccc2sc(NC(=O)/C=C/c3cccs3)nc12. The number of rotatable bonds is 3. The van der Waals surface area contributed by atoms with Crippen LogP contribution in [0.15, 0.2) is 35.7 Å². The van der Waals surface area contributed by atoms with Crippen LogP contribution in [-0.4, -0.2) is 10.9 Å². The Labute approximate surface area is 134 Å². The molecule has 0 saturated carbocycles. The predicted octanol–water partition coefficient (Wildman–Crippen LogP) is 4.97. The van der Waals surface area contributed by atoms with Crippen molar-refractivity contribution in [2.75, 3.05) is 5.32 Å². The van der Waals surface area contributed by atoms with Crippen LogP contribution in [0, 0.1) is 6.92 Å². The second-order valence-corrected chi connectivity index (χ2v) is 6.79. The molecule has 1 amide bonds. The number of aryl methyl sites for hydroxylation is 1. The molecule has 3 nitrogen and oxygen atoms in total. The maximum Gasteiger partial charge on any atom is 0.250 e. The lowest BCUT2D eigenvalue weighted by molar-refractivity contribution is -0.111. The van der Waals surface area contributed by atoms with Crippen molar-refractivity contribution in [3.05, 3.63) is 51.2 Å². The quantitative estimate of drug-likeness (QED) is 0.687. The van der Waals surface area contributed by atoms with Crippen LogP contribution in [0.1, 0.15) is 10.4 Å². The summed E-state index contributed by atoms with van der Waals surface area (Å²) >= 11 is 9.10. The standard InChI is InChI=1S/C15H11ClN2OS2/c1-9-11(16)5-6-12-14(9)18-15(21-12)17-13(19)7-4-10-3-2-8-20-10/h2-8H,1H3,(H,17,18,19)/b7-4+. The van der Waals surface area contributed by atoms with Gasteiger partial charge in [-0.15, -0.1) is 11.3 Å². The van der Waals surface area contributed by atoms with Gasteiger partial charge in [0.2, 0.25) is 5.91 Å². The van der Waals surface area contributed by atoms with E-state index >= 15 is 0 Å². The monoisotopic (exact) mass is 334 g/mol. The van der Waals surface area contributed by atoms with Gasteiger partial charge in [-0.2, -0.15) is 0 Å². The van der Waals surface area contributed by atoms with Crippen molar-refractivity contribution in [1.82, 2.24) is 4.98 Å². The van der Waals surface area contributed by atoms with Crippen LogP contribution in [0.25, 0.3) is 16.3 Å². The smallest absolute Gasteiger partial charge is 0.250 e. The minimum atomic E-state index is -0.189. The maximum absolute atomic E-state index is 11.9. The zero-order valence-electron chi connectivity index (χ0n) is 11.1. The molecule has 106 valence electrons. The second-order valence-electron chi connectivity index (χ2n) is 4.38. The molecule has 0 fully saturated rings. The van der Waals surface area contributed by atoms with Gasteiger partial charge in [0.25, 0.3) is 0 Å². The van der Waals surface area contributed by atoms with Gasteiger partial charge in [-0.3, -0.25) is 10.1 Å². The van der Waals surface area contributed by atoms with E-state index in [2.05, 4.69) is 10.3 Å². The number of thiophene rings is 1. The number of amides is 1. The number of nitrogens with one attached hydrogen (secondary N) is 1. The van der Waals surface area contributed by atoms with Gasteiger partial charge < -0.3 is 0 Å². The number of anilines is 1. The highest BCUT2D eigenvalue weighted by atomic mass is 35.5. The molecule has 1 N–H and O–H groups in total. The fraction of sp³-hybridized carbons (Fsp3) is 0.0667. The Morgan fingerprint density at radius 2 is 2.24 bits per heavy atom. The number of hydrogen-bond donors (Lipinski definition) is 1. The molecule has 2 heterocycles.